The highest BCUT2D eigenvalue weighted by molar-refractivity contribution is 7.14. The highest BCUT2D eigenvalue weighted by atomic mass is 32.1. The summed E-state index contributed by atoms with van der Waals surface area (Å²) in [5.74, 6) is 0. The Bertz CT molecular complexity index is 818. The number of rotatable bonds is 2. The van der Waals surface area contributed by atoms with Crippen molar-refractivity contribution in [1.82, 2.24) is 3.96 Å². The number of benzene rings is 2. The van der Waals surface area contributed by atoms with Crippen molar-refractivity contribution >= 4 is 27.3 Å². The molecule has 6 heteroatoms. The molecule has 2 aromatic carbocycles. The predicted molar refractivity (Wildman–Crippen MR) is 74.1 cm³/mol. The quantitative estimate of drug-likeness (QED) is 0.532. The van der Waals surface area contributed by atoms with Crippen LogP contribution >= 0.6 is 11.5 Å². The molecule has 0 saturated carbocycles. The van der Waals surface area contributed by atoms with Gasteiger partial charge in [-0.05, 0) is 24.3 Å². The van der Waals surface area contributed by atoms with E-state index in [-0.39, 0.29) is 11.2 Å². The van der Waals surface area contributed by atoms with Crippen molar-refractivity contribution in [3.05, 3.63) is 69.0 Å². The second-order valence-electron chi connectivity index (χ2n) is 3.96. The van der Waals surface area contributed by atoms with Crippen molar-refractivity contribution in [3.8, 4) is 5.69 Å². The van der Waals surface area contributed by atoms with Crippen LogP contribution in [0.1, 0.15) is 0 Å². The number of hydrogen-bond acceptors (Lipinski definition) is 4. The molecular formula is C13H8N2O3S. The zero-order valence-electron chi connectivity index (χ0n) is 9.65. The maximum Gasteiger partial charge on any atom is 0.273 e. The van der Waals surface area contributed by atoms with Crippen LogP contribution in [0.25, 0.3) is 15.8 Å². The van der Waals surface area contributed by atoms with E-state index in [1.807, 2.05) is 18.2 Å². The van der Waals surface area contributed by atoms with Crippen LogP contribution in [0.2, 0.25) is 0 Å². The van der Waals surface area contributed by atoms with E-state index in [1.165, 1.54) is 27.6 Å². The van der Waals surface area contributed by atoms with Crippen LogP contribution in [0.4, 0.5) is 5.69 Å². The molecule has 0 saturated heterocycles. The molecule has 0 amide bonds. The molecule has 0 N–H and O–H groups in total. The van der Waals surface area contributed by atoms with Crippen LogP contribution in [0.3, 0.4) is 0 Å². The fraction of sp³-hybridized carbons (Fsp3) is 0. The van der Waals surface area contributed by atoms with Gasteiger partial charge in [0.05, 0.1) is 20.7 Å². The molecule has 1 heterocycles. The molecule has 0 bridgehead atoms. The molecule has 19 heavy (non-hydrogen) atoms. The smallest absolute Gasteiger partial charge is 0.267 e. The Labute approximate surface area is 111 Å². The Kier molecular flexibility index (Phi) is 2.64. The largest absolute Gasteiger partial charge is 0.273 e. The third-order valence-corrected chi connectivity index (χ3v) is 3.90. The zero-order chi connectivity index (χ0) is 13.4. The van der Waals surface area contributed by atoms with Crippen molar-refractivity contribution < 1.29 is 4.92 Å². The minimum Gasteiger partial charge on any atom is -0.267 e. The average molecular weight is 272 g/mol. The van der Waals surface area contributed by atoms with Gasteiger partial charge in [0.1, 0.15) is 0 Å². The number of nitro groups is 1. The molecule has 0 atom stereocenters. The van der Waals surface area contributed by atoms with E-state index in [0.717, 1.165) is 4.70 Å². The lowest BCUT2D eigenvalue weighted by Gasteiger charge is -1.98. The van der Waals surface area contributed by atoms with Gasteiger partial charge in [-0.25, -0.2) is 3.96 Å². The minimum absolute atomic E-state index is 0.0120. The number of non-ortho nitro benzene ring substituents is 1. The summed E-state index contributed by atoms with van der Waals surface area (Å²) in [6, 6.07) is 13.3. The summed E-state index contributed by atoms with van der Waals surface area (Å²) in [6.45, 7) is 0. The second kappa shape index (κ2) is 4.33. The summed E-state index contributed by atoms with van der Waals surface area (Å²) in [4.78, 5) is 22.3. The number of fused-ring (bicyclic) bond motifs is 1. The van der Waals surface area contributed by atoms with Crippen molar-refractivity contribution in [2.24, 2.45) is 0 Å². The topological polar surface area (TPSA) is 65.1 Å². The lowest BCUT2D eigenvalue weighted by molar-refractivity contribution is -0.384. The van der Waals surface area contributed by atoms with Gasteiger partial charge >= 0.3 is 0 Å². The first-order valence-corrected chi connectivity index (χ1v) is 6.30. The monoisotopic (exact) mass is 272 g/mol. The van der Waals surface area contributed by atoms with Crippen LogP contribution < -0.4 is 5.56 Å². The summed E-state index contributed by atoms with van der Waals surface area (Å²) in [5, 5.41) is 11.3. The van der Waals surface area contributed by atoms with Gasteiger partial charge in [0.25, 0.3) is 11.2 Å². The van der Waals surface area contributed by atoms with E-state index >= 15 is 0 Å². The van der Waals surface area contributed by atoms with Gasteiger partial charge in [-0.3, -0.25) is 14.9 Å². The van der Waals surface area contributed by atoms with Gasteiger partial charge in [0, 0.05) is 12.1 Å². The molecule has 0 unspecified atom stereocenters. The van der Waals surface area contributed by atoms with Gasteiger partial charge in [0.15, 0.2) is 0 Å². The van der Waals surface area contributed by atoms with E-state index in [4.69, 9.17) is 0 Å². The second-order valence-corrected chi connectivity index (χ2v) is 4.95. The van der Waals surface area contributed by atoms with Crippen LogP contribution in [0, 0.1) is 10.1 Å². The Balaban J connectivity index is 2.16. The first-order valence-electron chi connectivity index (χ1n) is 5.53. The van der Waals surface area contributed by atoms with E-state index in [1.54, 1.807) is 18.2 Å². The molecule has 0 aliphatic carbocycles. The Morgan fingerprint density at radius 1 is 1.05 bits per heavy atom. The van der Waals surface area contributed by atoms with E-state index in [0.29, 0.717) is 11.1 Å². The first-order chi connectivity index (χ1) is 9.16. The van der Waals surface area contributed by atoms with Crippen molar-refractivity contribution in [1.29, 1.82) is 0 Å². The number of nitro benzene ring substituents is 1. The van der Waals surface area contributed by atoms with Gasteiger partial charge in [-0.2, -0.15) is 0 Å². The summed E-state index contributed by atoms with van der Waals surface area (Å²) in [5.41, 5.74) is 0.546. The lowest BCUT2D eigenvalue weighted by Crippen LogP contribution is -2.10. The molecule has 0 aliphatic heterocycles. The van der Waals surface area contributed by atoms with Crippen molar-refractivity contribution in [2.45, 2.75) is 0 Å². The summed E-state index contributed by atoms with van der Waals surface area (Å²) in [6.07, 6.45) is 0. The Morgan fingerprint density at radius 3 is 2.37 bits per heavy atom. The number of aromatic nitrogens is 1. The standard InChI is InChI=1S/C13H8N2O3S/c16-13-11-3-1-2-4-12(11)19-14(13)9-5-7-10(8-6-9)15(17)18/h1-8H. The van der Waals surface area contributed by atoms with E-state index in [9.17, 15) is 14.9 Å². The predicted octanol–water partition coefficient (Wildman–Crippen LogP) is 2.96. The van der Waals surface area contributed by atoms with Crippen LogP contribution in [-0.2, 0) is 0 Å². The molecule has 0 radical (unpaired) electrons. The first kappa shape index (κ1) is 11.6. The molecular weight excluding hydrogens is 264 g/mol. The molecule has 94 valence electrons. The third kappa shape index (κ3) is 1.92. The summed E-state index contributed by atoms with van der Waals surface area (Å²) < 4.78 is 2.43. The van der Waals surface area contributed by atoms with Crippen molar-refractivity contribution in [2.75, 3.05) is 0 Å². The summed E-state index contributed by atoms with van der Waals surface area (Å²) in [7, 11) is 0. The minimum atomic E-state index is -0.461. The van der Waals surface area contributed by atoms with Crippen LogP contribution in [0.15, 0.2) is 53.3 Å². The SMILES string of the molecule is O=c1c2ccccc2sn1-c1ccc([N+](=O)[O-])cc1. The normalized spacial score (nSPS) is 10.7. The molecule has 0 fully saturated rings. The highest BCUT2D eigenvalue weighted by Crippen LogP contribution is 2.21. The number of nitrogens with zero attached hydrogens (tertiary/aromatic N) is 2. The summed E-state index contributed by atoms with van der Waals surface area (Å²) >= 11 is 1.33. The van der Waals surface area contributed by atoms with Gasteiger partial charge < -0.3 is 0 Å². The zero-order valence-corrected chi connectivity index (χ0v) is 10.5. The molecule has 3 rings (SSSR count). The lowest BCUT2D eigenvalue weighted by atomic mass is 10.2. The highest BCUT2D eigenvalue weighted by Gasteiger charge is 2.10. The Hall–Kier alpha value is -2.47. The molecule has 1 aromatic heterocycles. The molecule has 0 spiro atoms. The maximum absolute atomic E-state index is 12.2. The molecule has 0 aliphatic rings. The Morgan fingerprint density at radius 2 is 1.74 bits per heavy atom. The van der Waals surface area contributed by atoms with E-state index in [2.05, 4.69) is 0 Å². The van der Waals surface area contributed by atoms with Crippen molar-refractivity contribution in [3.63, 3.8) is 0 Å². The van der Waals surface area contributed by atoms with Gasteiger partial charge in [0.2, 0.25) is 0 Å². The van der Waals surface area contributed by atoms with Crippen LogP contribution in [-0.4, -0.2) is 8.88 Å². The average Bonchev–Trinajstić information content (AvgIpc) is 2.77. The van der Waals surface area contributed by atoms with E-state index < -0.39 is 4.92 Å². The maximum atomic E-state index is 12.2. The molecule has 3 aromatic rings. The fourth-order valence-electron chi connectivity index (χ4n) is 1.85. The van der Waals surface area contributed by atoms with Gasteiger partial charge in [-0.1, -0.05) is 23.7 Å². The third-order valence-electron chi connectivity index (χ3n) is 2.79. The van der Waals surface area contributed by atoms with Crippen LogP contribution in [0.5, 0.6) is 0 Å². The van der Waals surface area contributed by atoms with Gasteiger partial charge in [-0.15, -0.1) is 0 Å². The fourth-order valence-corrected chi connectivity index (χ4v) is 2.85. The molecule has 5 nitrogen and oxygen atoms in total. The number of hydrogen-bond donors (Lipinski definition) is 0.